The number of aliphatic hydroxyl groups is 1. The van der Waals surface area contributed by atoms with Crippen LogP contribution in [0.4, 0.5) is 0 Å². The lowest BCUT2D eigenvalue weighted by atomic mass is 9.97. The van der Waals surface area contributed by atoms with Crippen molar-refractivity contribution >= 4 is 11.9 Å². The molecule has 1 saturated heterocycles. The van der Waals surface area contributed by atoms with Crippen LogP contribution in [0, 0.1) is 0 Å². The van der Waals surface area contributed by atoms with Crippen molar-refractivity contribution in [2.75, 3.05) is 13.6 Å². The summed E-state index contributed by atoms with van der Waals surface area (Å²) in [7, 11) is 2.13. The third kappa shape index (κ3) is 9.61. The third-order valence-corrected chi connectivity index (χ3v) is 9.08. The number of carboxylic acid groups (broad SMARTS) is 1. The lowest BCUT2D eigenvalue weighted by Crippen LogP contribution is -2.38. The molecule has 4 aromatic rings. The molecule has 0 bridgehead atoms. The van der Waals surface area contributed by atoms with Crippen molar-refractivity contribution in [2.45, 2.75) is 76.7 Å². The van der Waals surface area contributed by atoms with Gasteiger partial charge in [0.15, 0.2) is 6.29 Å². The molecule has 1 heterocycles. The zero-order valence-corrected chi connectivity index (χ0v) is 27.8. The molecule has 0 radical (unpaired) electrons. The Bertz CT molecular complexity index is 1610. The Morgan fingerprint density at radius 2 is 1.52 bits per heavy atom. The quantitative estimate of drug-likeness (QED) is 0.116. The summed E-state index contributed by atoms with van der Waals surface area (Å²) in [4.78, 5) is 25.4. The molecule has 1 fully saturated rings. The number of carboxylic acids is 1. The summed E-state index contributed by atoms with van der Waals surface area (Å²) in [6.07, 6.45) is 1.32. The minimum Gasteiger partial charge on any atom is -0.481 e. The SMILES string of the molecule is C[C@@H](c1ccccc1)N(C)C[C@@H]1C[C@H](c2ccc(CO)cc2)O[C@H](c2ccc(-c3ccccc3CNC(=O)CCCCC(=O)O)cc2)O1. The fourth-order valence-corrected chi connectivity index (χ4v) is 6.12. The largest absolute Gasteiger partial charge is 0.481 e. The molecule has 252 valence electrons. The van der Waals surface area contributed by atoms with Crippen molar-refractivity contribution < 1.29 is 29.3 Å². The average molecular weight is 651 g/mol. The third-order valence-electron chi connectivity index (χ3n) is 9.08. The molecule has 8 heteroatoms. The van der Waals surface area contributed by atoms with E-state index in [1.807, 2.05) is 66.7 Å². The summed E-state index contributed by atoms with van der Waals surface area (Å²) in [5, 5.41) is 21.3. The fourth-order valence-electron chi connectivity index (χ4n) is 6.12. The fraction of sp³-hybridized carbons (Fsp3) is 0.350. The van der Waals surface area contributed by atoms with Crippen LogP contribution in [-0.2, 0) is 32.2 Å². The molecular formula is C40H46N2O6. The first-order valence-corrected chi connectivity index (χ1v) is 16.7. The molecule has 4 aromatic carbocycles. The van der Waals surface area contributed by atoms with Crippen LogP contribution in [0.3, 0.4) is 0 Å². The van der Waals surface area contributed by atoms with E-state index in [2.05, 4.69) is 60.6 Å². The lowest BCUT2D eigenvalue weighted by molar-refractivity contribution is -0.253. The highest BCUT2D eigenvalue weighted by atomic mass is 16.7. The van der Waals surface area contributed by atoms with E-state index in [1.165, 1.54) is 5.56 Å². The van der Waals surface area contributed by atoms with Gasteiger partial charge >= 0.3 is 5.97 Å². The Labute approximate surface area is 283 Å². The van der Waals surface area contributed by atoms with E-state index >= 15 is 0 Å². The number of carbonyl (C=O) groups is 2. The number of nitrogens with zero attached hydrogens (tertiary/aromatic N) is 1. The van der Waals surface area contributed by atoms with E-state index in [0.717, 1.165) is 39.9 Å². The molecule has 0 unspecified atom stereocenters. The van der Waals surface area contributed by atoms with Crippen molar-refractivity contribution in [3.63, 3.8) is 0 Å². The second-order valence-corrected chi connectivity index (χ2v) is 12.5. The molecule has 1 aliphatic heterocycles. The van der Waals surface area contributed by atoms with E-state index in [9.17, 15) is 14.7 Å². The van der Waals surface area contributed by atoms with Crippen molar-refractivity contribution in [1.29, 1.82) is 0 Å². The highest BCUT2D eigenvalue weighted by Gasteiger charge is 2.33. The van der Waals surface area contributed by atoms with Crippen LogP contribution in [0.5, 0.6) is 0 Å². The highest BCUT2D eigenvalue weighted by Crippen LogP contribution is 2.39. The van der Waals surface area contributed by atoms with Crippen LogP contribution in [0.25, 0.3) is 11.1 Å². The molecule has 48 heavy (non-hydrogen) atoms. The lowest BCUT2D eigenvalue weighted by Gasteiger charge is -2.39. The normalized spacial score (nSPS) is 18.4. The van der Waals surface area contributed by atoms with Gasteiger partial charge in [0.25, 0.3) is 0 Å². The van der Waals surface area contributed by atoms with E-state index in [1.54, 1.807) is 0 Å². The molecule has 1 amide bonds. The molecule has 1 aliphatic rings. The van der Waals surface area contributed by atoms with Crippen molar-refractivity contribution in [1.82, 2.24) is 10.2 Å². The molecule has 0 saturated carbocycles. The maximum atomic E-state index is 12.4. The topological polar surface area (TPSA) is 108 Å². The zero-order valence-electron chi connectivity index (χ0n) is 27.8. The predicted octanol–water partition coefficient (Wildman–Crippen LogP) is 7.35. The van der Waals surface area contributed by atoms with Gasteiger partial charge in [-0.3, -0.25) is 14.5 Å². The second kappa shape index (κ2) is 17.2. The van der Waals surface area contributed by atoms with Crippen LogP contribution < -0.4 is 5.32 Å². The van der Waals surface area contributed by atoms with Gasteiger partial charge in [-0.1, -0.05) is 103 Å². The summed E-state index contributed by atoms with van der Waals surface area (Å²) in [6, 6.07) is 34.8. The Balaban J connectivity index is 1.29. The standard InChI is InChI=1S/C40H46N2O6/c1-28(30-10-4-3-5-11-30)42(2)26-35-24-37(32-18-16-29(27-43)17-19-32)48-40(47-35)33-22-20-31(21-23-33)36-13-7-6-12-34(36)25-41-38(44)14-8-9-15-39(45)46/h3-7,10-13,16-23,28,35,37,40,43H,8-9,14-15,24-27H2,1-2H3,(H,41,44)(H,45,46)/t28-,35-,37+,40+/m0/s1. The smallest absolute Gasteiger partial charge is 0.303 e. The summed E-state index contributed by atoms with van der Waals surface area (Å²) >= 11 is 0. The number of aliphatic hydroxyl groups excluding tert-OH is 1. The second-order valence-electron chi connectivity index (χ2n) is 12.5. The molecule has 5 rings (SSSR count). The molecule has 4 atom stereocenters. The minimum absolute atomic E-state index is 0.00121. The van der Waals surface area contributed by atoms with E-state index in [-0.39, 0.29) is 37.2 Å². The number of rotatable bonds is 15. The first kappa shape index (κ1) is 35.0. The Hall–Kier alpha value is -4.34. The van der Waals surface area contributed by atoms with Crippen molar-refractivity contribution in [2.24, 2.45) is 0 Å². The van der Waals surface area contributed by atoms with Crippen LogP contribution >= 0.6 is 0 Å². The van der Waals surface area contributed by atoms with Crippen molar-refractivity contribution in [3.8, 4) is 11.1 Å². The van der Waals surface area contributed by atoms with Gasteiger partial charge in [0.05, 0.1) is 18.8 Å². The number of benzene rings is 4. The van der Waals surface area contributed by atoms with Crippen LogP contribution in [0.2, 0.25) is 0 Å². The maximum Gasteiger partial charge on any atom is 0.303 e. The van der Waals surface area contributed by atoms with E-state index < -0.39 is 12.3 Å². The van der Waals surface area contributed by atoms with Gasteiger partial charge in [-0.05, 0) is 60.2 Å². The molecule has 0 spiro atoms. The van der Waals surface area contributed by atoms with Gasteiger partial charge in [0.1, 0.15) is 0 Å². The first-order chi connectivity index (χ1) is 23.3. The number of amides is 1. The van der Waals surface area contributed by atoms with E-state index in [0.29, 0.717) is 32.2 Å². The van der Waals surface area contributed by atoms with E-state index in [4.69, 9.17) is 14.6 Å². The number of aliphatic carboxylic acids is 1. The molecule has 8 nitrogen and oxygen atoms in total. The Morgan fingerprint density at radius 1 is 0.854 bits per heavy atom. The van der Waals surface area contributed by atoms with Gasteiger partial charge < -0.3 is 25.0 Å². The Kier molecular flexibility index (Phi) is 12.5. The number of likely N-dealkylation sites (N-methyl/N-ethyl adjacent to an activating group) is 1. The number of nitrogens with one attached hydrogen (secondary N) is 1. The first-order valence-electron chi connectivity index (χ1n) is 16.7. The number of carbonyl (C=O) groups excluding carboxylic acids is 1. The average Bonchev–Trinajstić information content (AvgIpc) is 3.12. The van der Waals surface area contributed by atoms with Crippen LogP contribution in [0.1, 0.15) is 85.3 Å². The number of hydrogen-bond acceptors (Lipinski definition) is 6. The summed E-state index contributed by atoms with van der Waals surface area (Å²) < 4.78 is 13.2. The van der Waals surface area contributed by atoms with Gasteiger partial charge in [0, 0.05) is 44.0 Å². The summed E-state index contributed by atoms with van der Waals surface area (Å²) in [6.45, 7) is 3.33. The van der Waals surface area contributed by atoms with Crippen LogP contribution in [0.15, 0.2) is 103 Å². The van der Waals surface area contributed by atoms with Crippen LogP contribution in [-0.4, -0.2) is 46.7 Å². The number of ether oxygens (including phenoxy) is 2. The van der Waals surface area contributed by atoms with Gasteiger partial charge in [-0.2, -0.15) is 0 Å². The van der Waals surface area contributed by atoms with Gasteiger partial charge in [-0.25, -0.2) is 0 Å². The Morgan fingerprint density at radius 3 is 2.23 bits per heavy atom. The predicted molar refractivity (Wildman–Crippen MR) is 186 cm³/mol. The molecule has 0 aromatic heterocycles. The van der Waals surface area contributed by atoms with Gasteiger partial charge in [0.2, 0.25) is 5.91 Å². The number of hydrogen-bond donors (Lipinski definition) is 3. The van der Waals surface area contributed by atoms with Crippen molar-refractivity contribution in [3.05, 3.63) is 131 Å². The summed E-state index contributed by atoms with van der Waals surface area (Å²) in [5.41, 5.74) is 7.13. The minimum atomic E-state index is -0.841. The maximum absolute atomic E-state index is 12.4. The zero-order chi connectivity index (χ0) is 33.9. The summed E-state index contributed by atoms with van der Waals surface area (Å²) in [5.74, 6) is -0.928. The highest BCUT2D eigenvalue weighted by molar-refractivity contribution is 5.76. The number of unbranched alkanes of at least 4 members (excludes halogenated alkanes) is 1. The van der Waals surface area contributed by atoms with Gasteiger partial charge in [-0.15, -0.1) is 0 Å². The monoisotopic (exact) mass is 650 g/mol. The molecule has 3 N–H and O–H groups in total. The molecule has 0 aliphatic carbocycles. The molecular weight excluding hydrogens is 604 g/mol.